The molecular formula is C15H22BNO4. The quantitative estimate of drug-likeness (QED) is 0.525. The molecule has 1 saturated heterocycles. The van der Waals surface area contributed by atoms with Gasteiger partial charge in [-0.1, -0.05) is 12.1 Å². The lowest BCUT2D eigenvalue weighted by Crippen LogP contribution is -2.41. The fourth-order valence-corrected chi connectivity index (χ4v) is 2.12. The van der Waals surface area contributed by atoms with Gasteiger partial charge in [-0.25, -0.2) is 0 Å². The molecule has 1 heterocycles. The van der Waals surface area contributed by atoms with E-state index >= 15 is 0 Å². The summed E-state index contributed by atoms with van der Waals surface area (Å²) < 4.78 is 16.9. The Bertz CT molecular complexity index is 511. The van der Waals surface area contributed by atoms with Gasteiger partial charge in [-0.05, 0) is 45.4 Å². The molecular weight excluding hydrogens is 269 g/mol. The highest BCUT2D eigenvalue weighted by atomic mass is 16.7. The van der Waals surface area contributed by atoms with E-state index < -0.39 is 24.3 Å². The number of carbonyl (C=O) groups excluding carboxylic acids is 1. The Morgan fingerprint density at radius 1 is 1.14 bits per heavy atom. The molecule has 114 valence electrons. The summed E-state index contributed by atoms with van der Waals surface area (Å²) in [4.78, 5) is 10.9. The van der Waals surface area contributed by atoms with Gasteiger partial charge >= 0.3 is 13.1 Å². The van der Waals surface area contributed by atoms with Crippen LogP contribution in [0.5, 0.6) is 5.75 Å². The fourth-order valence-electron chi connectivity index (χ4n) is 2.12. The maximum atomic E-state index is 10.9. The SMILES string of the molecule is CC(=O)Oc1ccc([C@@H](N)B2OC(C)(C)C(C)(C)O2)cc1. The summed E-state index contributed by atoms with van der Waals surface area (Å²) in [5.74, 6) is -0.261. The molecule has 1 aromatic carbocycles. The number of esters is 1. The summed E-state index contributed by atoms with van der Waals surface area (Å²) in [7, 11) is -0.505. The Morgan fingerprint density at radius 3 is 2.05 bits per heavy atom. The molecule has 0 saturated carbocycles. The molecule has 0 radical (unpaired) electrons. The van der Waals surface area contributed by atoms with Crippen LogP contribution < -0.4 is 10.5 Å². The third-order valence-electron chi connectivity index (χ3n) is 4.09. The summed E-state index contributed by atoms with van der Waals surface area (Å²) in [6, 6.07) is 7.05. The first-order valence-electron chi connectivity index (χ1n) is 7.02. The second-order valence-electron chi connectivity index (χ2n) is 6.31. The Morgan fingerprint density at radius 2 is 1.62 bits per heavy atom. The van der Waals surface area contributed by atoms with Crippen LogP contribution >= 0.6 is 0 Å². The molecule has 2 N–H and O–H groups in total. The number of rotatable bonds is 3. The molecule has 5 nitrogen and oxygen atoms in total. The molecule has 0 aromatic heterocycles. The maximum Gasteiger partial charge on any atom is 0.480 e. The van der Waals surface area contributed by atoms with E-state index in [1.54, 1.807) is 12.1 Å². The zero-order chi connectivity index (χ0) is 15.8. The Hall–Kier alpha value is -1.37. The highest BCUT2D eigenvalue weighted by Crippen LogP contribution is 2.39. The van der Waals surface area contributed by atoms with Crippen LogP contribution in [-0.4, -0.2) is 24.3 Å². The van der Waals surface area contributed by atoms with Gasteiger partial charge in [-0.3, -0.25) is 4.79 Å². The average Bonchev–Trinajstić information content (AvgIpc) is 2.58. The smallest absolute Gasteiger partial charge is 0.427 e. The van der Waals surface area contributed by atoms with Gasteiger partial charge < -0.3 is 19.8 Å². The van der Waals surface area contributed by atoms with Gasteiger partial charge in [0.05, 0.1) is 17.1 Å². The van der Waals surface area contributed by atoms with E-state index in [0.29, 0.717) is 5.75 Å². The minimum absolute atomic E-state index is 0.349. The van der Waals surface area contributed by atoms with Crippen molar-refractivity contribution in [3.63, 3.8) is 0 Å². The van der Waals surface area contributed by atoms with Crippen LogP contribution in [0.4, 0.5) is 0 Å². The van der Waals surface area contributed by atoms with Crippen molar-refractivity contribution in [3.05, 3.63) is 29.8 Å². The summed E-state index contributed by atoms with van der Waals surface area (Å²) >= 11 is 0. The first-order valence-corrected chi connectivity index (χ1v) is 7.02. The topological polar surface area (TPSA) is 70.8 Å². The summed E-state index contributed by atoms with van der Waals surface area (Å²) in [5.41, 5.74) is 6.28. The molecule has 1 atom stereocenters. The van der Waals surface area contributed by atoms with Crippen molar-refractivity contribution < 1.29 is 18.8 Å². The van der Waals surface area contributed by atoms with Crippen molar-refractivity contribution in [1.82, 2.24) is 0 Å². The Labute approximate surface area is 125 Å². The molecule has 0 amide bonds. The highest BCUT2D eigenvalue weighted by molar-refractivity contribution is 6.47. The van der Waals surface area contributed by atoms with E-state index in [9.17, 15) is 4.79 Å². The number of ether oxygens (including phenoxy) is 1. The van der Waals surface area contributed by atoms with Crippen LogP contribution in [0.1, 0.15) is 46.1 Å². The Kier molecular flexibility index (Phi) is 4.15. The fraction of sp³-hybridized carbons (Fsp3) is 0.533. The van der Waals surface area contributed by atoms with Gasteiger partial charge in [0.15, 0.2) is 0 Å². The van der Waals surface area contributed by atoms with Gasteiger partial charge in [0, 0.05) is 6.92 Å². The van der Waals surface area contributed by atoms with Crippen LogP contribution in [0.2, 0.25) is 0 Å². The summed E-state index contributed by atoms with van der Waals surface area (Å²) in [5, 5.41) is 0. The molecule has 1 aliphatic heterocycles. The minimum Gasteiger partial charge on any atom is -0.427 e. The number of nitrogens with two attached hydrogens (primary N) is 1. The van der Waals surface area contributed by atoms with Crippen molar-refractivity contribution in [3.8, 4) is 5.75 Å². The first kappa shape index (κ1) is 16.0. The van der Waals surface area contributed by atoms with Crippen molar-refractivity contribution >= 4 is 13.1 Å². The number of carbonyl (C=O) groups is 1. The molecule has 1 aromatic rings. The second-order valence-corrected chi connectivity index (χ2v) is 6.31. The van der Waals surface area contributed by atoms with E-state index in [-0.39, 0.29) is 5.97 Å². The van der Waals surface area contributed by atoms with Crippen molar-refractivity contribution in [2.45, 2.75) is 51.8 Å². The highest BCUT2D eigenvalue weighted by Gasteiger charge is 2.53. The lowest BCUT2D eigenvalue weighted by atomic mass is 9.75. The van der Waals surface area contributed by atoms with E-state index in [2.05, 4.69) is 0 Å². The molecule has 0 bridgehead atoms. The standard InChI is InChI=1S/C15H22BNO4/c1-10(18)19-12-8-6-11(7-9-12)13(17)16-20-14(2,3)15(4,5)21-16/h6-9,13H,17H2,1-5H3/t13-/m1/s1. The maximum absolute atomic E-state index is 10.9. The predicted octanol–water partition coefficient (Wildman–Crippen LogP) is 2.24. The third-order valence-corrected chi connectivity index (χ3v) is 4.09. The van der Waals surface area contributed by atoms with Crippen LogP contribution in [-0.2, 0) is 14.1 Å². The molecule has 0 unspecified atom stereocenters. The van der Waals surface area contributed by atoms with Gasteiger partial charge in [-0.2, -0.15) is 0 Å². The lowest BCUT2D eigenvalue weighted by molar-refractivity contribution is -0.131. The van der Waals surface area contributed by atoms with E-state index in [0.717, 1.165) is 5.56 Å². The predicted molar refractivity (Wildman–Crippen MR) is 80.8 cm³/mol. The van der Waals surface area contributed by atoms with E-state index in [4.69, 9.17) is 19.8 Å². The summed E-state index contributed by atoms with van der Waals surface area (Å²) in [6.45, 7) is 9.32. The van der Waals surface area contributed by atoms with Gasteiger partial charge in [-0.15, -0.1) is 0 Å². The zero-order valence-electron chi connectivity index (χ0n) is 13.2. The zero-order valence-corrected chi connectivity index (χ0v) is 13.2. The molecule has 6 heteroatoms. The molecule has 1 aliphatic rings. The Balaban J connectivity index is 2.11. The first-order chi connectivity index (χ1) is 9.62. The molecule has 1 fully saturated rings. The number of benzene rings is 1. The second kappa shape index (κ2) is 5.44. The average molecular weight is 291 g/mol. The molecule has 21 heavy (non-hydrogen) atoms. The largest absolute Gasteiger partial charge is 0.480 e. The van der Waals surface area contributed by atoms with Crippen LogP contribution in [0, 0.1) is 0 Å². The number of hydrogen-bond donors (Lipinski definition) is 1. The molecule has 0 aliphatic carbocycles. The van der Waals surface area contributed by atoms with Crippen molar-refractivity contribution in [1.29, 1.82) is 0 Å². The third kappa shape index (κ3) is 3.28. The van der Waals surface area contributed by atoms with E-state index in [1.807, 2.05) is 39.8 Å². The van der Waals surface area contributed by atoms with Gasteiger partial charge in [0.25, 0.3) is 0 Å². The number of hydrogen-bond acceptors (Lipinski definition) is 5. The minimum atomic E-state index is -0.505. The van der Waals surface area contributed by atoms with Gasteiger partial charge in [0.2, 0.25) is 0 Å². The normalized spacial score (nSPS) is 21.1. The van der Waals surface area contributed by atoms with Crippen LogP contribution in [0.25, 0.3) is 0 Å². The van der Waals surface area contributed by atoms with Crippen LogP contribution in [0.15, 0.2) is 24.3 Å². The molecule has 2 rings (SSSR count). The molecule has 0 spiro atoms. The van der Waals surface area contributed by atoms with Crippen LogP contribution in [0.3, 0.4) is 0 Å². The lowest BCUT2D eigenvalue weighted by Gasteiger charge is -2.32. The van der Waals surface area contributed by atoms with E-state index in [1.165, 1.54) is 6.92 Å². The van der Waals surface area contributed by atoms with Crippen molar-refractivity contribution in [2.75, 3.05) is 0 Å². The summed E-state index contributed by atoms with van der Waals surface area (Å²) in [6.07, 6.45) is 0. The van der Waals surface area contributed by atoms with Gasteiger partial charge in [0.1, 0.15) is 5.75 Å². The monoisotopic (exact) mass is 291 g/mol. The van der Waals surface area contributed by atoms with Crippen molar-refractivity contribution in [2.24, 2.45) is 5.73 Å².